The molecular formula is C15H26N2O2. The number of hydrogen-bond acceptors (Lipinski definition) is 4. The van der Waals surface area contributed by atoms with E-state index in [-0.39, 0.29) is 5.54 Å². The first kappa shape index (κ1) is 15.8. The van der Waals surface area contributed by atoms with Gasteiger partial charge in [-0.1, -0.05) is 6.07 Å². The molecule has 0 fully saturated rings. The summed E-state index contributed by atoms with van der Waals surface area (Å²) in [6.45, 7) is 6.12. The fourth-order valence-electron chi connectivity index (χ4n) is 1.66. The quantitative estimate of drug-likeness (QED) is 0.820. The molecule has 19 heavy (non-hydrogen) atoms. The number of likely N-dealkylation sites (N-methyl/N-ethyl adjacent to an activating group) is 1. The minimum atomic E-state index is 0.125. The summed E-state index contributed by atoms with van der Waals surface area (Å²) in [4.78, 5) is 2.21. The van der Waals surface area contributed by atoms with Gasteiger partial charge in [0.15, 0.2) is 0 Å². The standard InChI is InChI=1S/C15H26N2O2/c1-15(2,17(3)4)11-16-10-12-7-8-13(18-5)9-14(12)19-6/h7-9,16H,10-11H2,1-6H3. The van der Waals surface area contributed by atoms with Gasteiger partial charge in [0.05, 0.1) is 14.2 Å². The SMILES string of the molecule is COc1ccc(CNCC(C)(C)N(C)C)c(OC)c1. The molecule has 0 spiro atoms. The van der Waals surface area contributed by atoms with Crippen molar-refractivity contribution in [3.8, 4) is 11.5 Å². The lowest BCUT2D eigenvalue weighted by atomic mass is 10.0. The van der Waals surface area contributed by atoms with Crippen LogP contribution in [0.3, 0.4) is 0 Å². The highest BCUT2D eigenvalue weighted by Crippen LogP contribution is 2.24. The lowest BCUT2D eigenvalue weighted by molar-refractivity contribution is 0.189. The molecule has 4 heteroatoms. The Labute approximate surface area is 116 Å². The zero-order valence-corrected chi connectivity index (χ0v) is 12.9. The lowest BCUT2D eigenvalue weighted by Crippen LogP contribution is -2.46. The lowest BCUT2D eigenvalue weighted by Gasteiger charge is -2.32. The van der Waals surface area contributed by atoms with Crippen LogP contribution in [0.4, 0.5) is 0 Å². The molecule has 0 aromatic heterocycles. The van der Waals surface area contributed by atoms with Crippen molar-refractivity contribution in [2.24, 2.45) is 0 Å². The van der Waals surface area contributed by atoms with Crippen LogP contribution in [0.1, 0.15) is 19.4 Å². The zero-order valence-electron chi connectivity index (χ0n) is 12.9. The maximum atomic E-state index is 5.39. The summed E-state index contributed by atoms with van der Waals surface area (Å²) in [6.07, 6.45) is 0. The van der Waals surface area contributed by atoms with Crippen molar-refractivity contribution in [1.82, 2.24) is 10.2 Å². The van der Waals surface area contributed by atoms with E-state index < -0.39 is 0 Å². The average molecular weight is 266 g/mol. The van der Waals surface area contributed by atoms with Gasteiger partial charge in [0.1, 0.15) is 11.5 Å². The van der Waals surface area contributed by atoms with Crippen LogP contribution in [-0.2, 0) is 6.54 Å². The highest BCUT2D eigenvalue weighted by atomic mass is 16.5. The summed E-state index contributed by atoms with van der Waals surface area (Å²) in [5.74, 6) is 1.67. The van der Waals surface area contributed by atoms with Crippen molar-refractivity contribution in [3.05, 3.63) is 23.8 Å². The third kappa shape index (κ3) is 4.40. The Morgan fingerprint density at radius 3 is 2.37 bits per heavy atom. The molecule has 0 heterocycles. The van der Waals surface area contributed by atoms with E-state index in [0.29, 0.717) is 0 Å². The summed E-state index contributed by atoms with van der Waals surface area (Å²) in [7, 11) is 7.53. The second-order valence-electron chi connectivity index (χ2n) is 5.49. The van der Waals surface area contributed by atoms with Crippen LogP contribution < -0.4 is 14.8 Å². The Morgan fingerprint density at radius 1 is 1.16 bits per heavy atom. The van der Waals surface area contributed by atoms with Crippen molar-refractivity contribution in [1.29, 1.82) is 0 Å². The number of benzene rings is 1. The summed E-state index contributed by atoms with van der Waals surface area (Å²) in [5, 5.41) is 3.47. The average Bonchev–Trinajstić information content (AvgIpc) is 2.38. The van der Waals surface area contributed by atoms with Crippen LogP contribution in [0.15, 0.2) is 18.2 Å². The van der Waals surface area contributed by atoms with Crippen LogP contribution >= 0.6 is 0 Å². The van der Waals surface area contributed by atoms with E-state index in [4.69, 9.17) is 9.47 Å². The molecule has 108 valence electrons. The molecule has 0 unspecified atom stereocenters. The van der Waals surface area contributed by atoms with Gasteiger partial charge in [-0.25, -0.2) is 0 Å². The molecule has 0 radical (unpaired) electrons. The molecule has 0 saturated carbocycles. The fraction of sp³-hybridized carbons (Fsp3) is 0.600. The number of methoxy groups -OCH3 is 2. The minimum Gasteiger partial charge on any atom is -0.497 e. The van der Waals surface area contributed by atoms with Crippen LogP contribution in [0.2, 0.25) is 0 Å². The van der Waals surface area contributed by atoms with Crippen LogP contribution in [-0.4, -0.2) is 45.3 Å². The maximum Gasteiger partial charge on any atom is 0.127 e. The number of nitrogens with one attached hydrogen (secondary N) is 1. The molecule has 0 aliphatic rings. The normalized spacial score (nSPS) is 11.7. The van der Waals surface area contributed by atoms with E-state index >= 15 is 0 Å². The first-order valence-corrected chi connectivity index (χ1v) is 6.50. The van der Waals surface area contributed by atoms with Crippen molar-refractivity contribution in [2.75, 3.05) is 34.9 Å². The molecule has 0 atom stereocenters. The summed E-state index contributed by atoms with van der Waals surface area (Å²) < 4.78 is 10.6. The Kier molecular flexibility index (Phi) is 5.63. The second kappa shape index (κ2) is 6.78. The van der Waals surface area contributed by atoms with Gasteiger partial charge in [0.25, 0.3) is 0 Å². The van der Waals surface area contributed by atoms with E-state index in [2.05, 4.69) is 38.2 Å². The molecule has 1 aromatic rings. The molecule has 0 saturated heterocycles. The van der Waals surface area contributed by atoms with Gasteiger partial charge in [-0.2, -0.15) is 0 Å². The molecular weight excluding hydrogens is 240 g/mol. The highest BCUT2D eigenvalue weighted by molar-refractivity contribution is 5.40. The van der Waals surface area contributed by atoms with E-state index in [9.17, 15) is 0 Å². The topological polar surface area (TPSA) is 33.7 Å². The minimum absolute atomic E-state index is 0.125. The van der Waals surface area contributed by atoms with Crippen molar-refractivity contribution in [3.63, 3.8) is 0 Å². The summed E-state index contributed by atoms with van der Waals surface area (Å²) in [6, 6.07) is 5.90. The molecule has 0 amide bonds. The van der Waals surface area contributed by atoms with Gasteiger partial charge >= 0.3 is 0 Å². The zero-order chi connectivity index (χ0) is 14.5. The predicted molar refractivity (Wildman–Crippen MR) is 79.0 cm³/mol. The first-order valence-electron chi connectivity index (χ1n) is 6.50. The molecule has 4 nitrogen and oxygen atoms in total. The van der Waals surface area contributed by atoms with Gasteiger partial charge < -0.3 is 19.7 Å². The largest absolute Gasteiger partial charge is 0.497 e. The van der Waals surface area contributed by atoms with Gasteiger partial charge in [-0.05, 0) is 34.0 Å². The third-order valence-electron chi connectivity index (χ3n) is 3.58. The Hall–Kier alpha value is -1.26. The number of rotatable bonds is 7. The van der Waals surface area contributed by atoms with Crippen molar-refractivity contribution < 1.29 is 9.47 Å². The molecule has 0 bridgehead atoms. The van der Waals surface area contributed by atoms with Gasteiger partial charge in [0, 0.05) is 30.3 Å². The highest BCUT2D eigenvalue weighted by Gasteiger charge is 2.19. The first-order chi connectivity index (χ1) is 8.90. The van der Waals surface area contributed by atoms with Crippen LogP contribution in [0, 0.1) is 0 Å². The predicted octanol–water partition coefficient (Wildman–Crippen LogP) is 2.13. The second-order valence-corrected chi connectivity index (χ2v) is 5.49. The molecule has 1 rings (SSSR count). The van der Waals surface area contributed by atoms with Gasteiger partial charge in [0.2, 0.25) is 0 Å². The smallest absolute Gasteiger partial charge is 0.127 e. The molecule has 1 N–H and O–H groups in total. The molecule has 0 aliphatic carbocycles. The monoisotopic (exact) mass is 266 g/mol. The number of ether oxygens (including phenoxy) is 2. The molecule has 0 aliphatic heterocycles. The Morgan fingerprint density at radius 2 is 1.84 bits per heavy atom. The van der Waals surface area contributed by atoms with Crippen LogP contribution in [0.5, 0.6) is 11.5 Å². The number of hydrogen-bond donors (Lipinski definition) is 1. The van der Waals surface area contributed by atoms with E-state index in [1.165, 1.54) is 0 Å². The molecule has 1 aromatic carbocycles. The Bertz CT molecular complexity index is 403. The Balaban J connectivity index is 2.63. The summed E-state index contributed by atoms with van der Waals surface area (Å²) >= 11 is 0. The van der Waals surface area contributed by atoms with Crippen LogP contribution in [0.25, 0.3) is 0 Å². The van der Waals surface area contributed by atoms with E-state index in [1.54, 1.807) is 14.2 Å². The van der Waals surface area contributed by atoms with Crippen molar-refractivity contribution in [2.45, 2.75) is 25.9 Å². The number of nitrogens with zero attached hydrogens (tertiary/aromatic N) is 1. The maximum absolute atomic E-state index is 5.39. The van der Waals surface area contributed by atoms with Gasteiger partial charge in [-0.3, -0.25) is 0 Å². The van der Waals surface area contributed by atoms with Crippen molar-refractivity contribution >= 4 is 0 Å². The summed E-state index contributed by atoms with van der Waals surface area (Å²) in [5.41, 5.74) is 1.26. The van der Waals surface area contributed by atoms with E-state index in [0.717, 1.165) is 30.2 Å². The fourth-order valence-corrected chi connectivity index (χ4v) is 1.66. The van der Waals surface area contributed by atoms with Gasteiger partial charge in [-0.15, -0.1) is 0 Å². The van der Waals surface area contributed by atoms with E-state index in [1.807, 2.05) is 18.2 Å². The third-order valence-corrected chi connectivity index (χ3v) is 3.58.